The fraction of sp³-hybridized carbons (Fsp3) is 0.762. The first kappa shape index (κ1) is 39.7. The zero-order valence-electron chi connectivity index (χ0n) is 29.7. The maximum Gasteiger partial charge on any atom is 0.00381 e. The van der Waals surface area contributed by atoms with Crippen molar-refractivity contribution >= 4 is 0 Å². The third kappa shape index (κ3) is 22.8. The van der Waals surface area contributed by atoms with E-state index in [9.17, 15) is 0 Å². The van der Waals surface area contributed by atoms with Crippen LogP contribution in [0.3, 0.4) is 0 Å². The molecule has 0 aromatic heterocycles. The summed E-state index contributed by atoms with van der Waals surface area (Å²) < 4.78 is 0. The summed E-state index contributed by atoms with van der Waals surface area (Å²) in [7, 11) is 2.35. The number of hydrogen-bond acceptors (Lipinski definition) is 1. The molecule has 1 saturated heterocycles. The van der Waals surface area contributed by atoms with Crippen LogP contribution in [0.4, 0.5) is 0 Å². The Kier molecular flexibility index (Phi) is 27.1. The van der Waals surface area contributed by atoms with E-state index in [1.807, 2.05) is 0 Å². The van der Waals surface area contributed by atoms with E-state index in [2.05, 4.69) is 93.5 Å². The smallest absolute Gasteiger partial charge is 0.00381 e. The molecule has 1 heterocycles. The van der Waals surface area contributed by atoms with Crippen molar-refractivity contribution in [3.05, 3.63) is 60.8 Å². The Bertz CT molecular complexity index is 740. The molecule has 248 valence electrons. The normalized spacial score (nSPS) is 20.0. The van der Waals surface area contributed by atoms with Crippen molar-refractivity contribution in [2.45, 2.75) is 175 Å². The highest BCUT2D eigenvalue weighted by Crippen LogP contribution is 2.44. The quantitative estimate of drug-likeness (QED) is 0.0616. The number of unbranched alkanes of at least 4 members (excludes halogenated alkanes) is 15. The van der Waals surface area contributed by atoms with Crippen molar-refractivity contribution in [2.24, 2.45) is 11.3 Å². The van der Waals surface area contributed by atoms with Crippen LogP contribution in [0.25, 0.3) is 0 Å². The molecule has 0 saturated carbocycles. The second kappa shape index (κ2) is 29.4. The first-order valence-corrected chi connectivity index (χ1v) is 19.1. The number of allylic oxidation sites excluding steroid dienone is 10. The highest BCUT2D eigenvalue weighted by Gasteiger charge is 2.41. The van der Waals surface area contributed by atoms with Crippen LogP contribution in [0.5, 0.6) is 0 Å². The SMILES string of the molecule is CC/C=C/C/C=C\C/C=C\CCCCCCCCC1(CCCCCCCC/C=C\C/C=C\CCCCC)CN(C)CC1C. The predicted octanol–water partition coefficient (Wildman–Crippen LogP) is 13.7. The van der Waals surface area contributed by atoms with Crippen molar-refractivity contribution < 1.29 is 0 Å². The van der Waals surface area contributed by atoms with Crippen LogP contribution in [0.1, 0.15) is 175 Å². The molecule has 1 nitrogen and oxygen atoms in total. The lowest BCUT2D eigenvalue weighted by atomic mass is 9.71. The van der Waals surface area contributed by atoms with E-state index in [0.29, 0.717) is 5.41 Å². The van der Waals surface area contributed by atoms with E-state index in [-0.39, 0.29) is 0 Å². The molecule has 1 aliphatic rings. The van der Waals surface area contributed by atoms with Crippen molar-refractivity contribution in [1.29, 1.82) is 0 Å². The van der Waals surface area contributed by atoms with Crippen LogP contribution in [0.2, 0.25) is 0 Å². The second-order valence-electron chi connectivity index (χ2n) is 13.7. The van der Waals surface area contributed by atoms with Gasteiger partial charge in [-0.15, -0.1) is 0 Å². The molecule has 1 rings (SSSR count). The van der Waals surface area contributed by atoms with Crippen molar-refractivity contribution in [2.75, 3.05) is 20.1 Å². The molecule has 0 spiro atoms. The van der Waals surface area contributed by atoms with Crippen LogP contribution >= 0.6 is 0 Å². The van der Waals surface area contributed by atoms with Gasteiger partial charge in [0.2, 0.25) is 0 Å². The zero-order chi connectivity index (χ0) is 31.1. The average Bonchev–Trinajstić information content (AvgIpc) is 3.28. The van der Waals surface area contributed by atoms with Gasteiger partial charge in [0.15, 0.2) is 0 Å². The molecular weight excluding hydrogens is 518 g/mol. The van der Waals surface area contributed by atoms with Gasteiger partial charge in [-0.25, -0.2) is 0 Å². The summed E-state index contributed by atoms with van der Waals surface area (Å²) in [6, 6.07) is 0. The van der Waals surface area contributed by atoms with Gasteiger partial charge in [-0.2, -0.15) is 0 Å². The van der Waals surface area contributed by atoms with Crippen molar-refractivity contribution in [3.63, 3.8) is 0 Å². The van der Waals surface area contributed by atoms with Crippen molar-refractivity contribution in [1.82, 2.24) is 4.90 Å². The molecule has 0 radical (unpaired) electrons. The summed E-state index contributed by atoms with van der Waals surface area (Å²) in [6.07, 6.45) is 55.5. The van der Waals surface area contributed by atoms with E-state index in [4.69, 9.17) is 0 Å². The monoisotopic (exact) mass is 594 g/mol. The Morgan fingerprint density at radius 1 is 0.512 bits per heavy atom. The van der Waals surface area contributed by atoms with Gasteiger partial charge in [0.05, 0.1) is 0 Å². The summed E-state index contributed by atoms with van der Waals surface area (Å²) in [5.74, 6) is 0.866. The van der Waals surface area contributed by atoms with Gasteiger partial charge >= 0.3 is 0 Å². The fourth-order valence-corrected chi connectivity index (χ4v) is 6.93. The Balaban J connectivity index is 2.07. The zero-order valence-corrected chi connectivity index (χ0v) is 29.7. The minimum Gasteiger partial charge on any atom is -0.306 e. The Hall–Kier alpha value is -1.34. The third-order valence-corrected chi connectivity index (χ3v) is 9.67. The van der Waals surface area contributed by atoms with Crippen LogP contribution in [0.15, 0.2) is 60.8 Å². The molecule has 0 aliphatic carbocycles. The van der Waals surface area contributed by atoms with Gasteiger partial charge in [-0.1, -0.05) is 159 Å². The van der Waals surface area contributed by atoms with Gasteiger partial charge in [0.25, 0.3) is 0 Å². The number of likely N-dealkylation sites (tertiary alicyclic amines) is 1. The largest absolute Gasteiger partial charge is 0.306 e. The van der Waals surface area contributed by atoms with Gasteiger partial charge in [-0.3, -0.25) is 0 Å². The highest BCUT2D eigenvalue weighted by atomic mass is 15.1. The van der Waals surface area contributed by atoms with E-state index in [1.165, 1.54) is 142 Å². The summed E-state index contributed by atoms with van der Waals surface area (Å²) in [5.41, 5.74) is 0.593. The third-order valence-electron chi connectivity index (χ3n) is 9.67. The standard InChI is InChI=1S/C42H75N/c1-5-7-9-11-13-15-17-19-21-23-25-27-29-31-33-35-37-42(40-43(4)39-41(42)3)38-36-34-32-30-28-26-24-22-20-18-16-14-12-10-8-6-2/h7,9,13-16,19-22,41H,5-6,8,10-12,17-18,23-40H2,1-4H3/b9-7+,15-13-,16-14-,21-19-,22-20-. The van der Waals surface area contributed by atoms with E-state index < -0.39 is 0 Å². The van der Waals surface area contributed by atoms with Crippen LogP contribution in [0, 0.1) is 11.3 Å². The molecule has 2 unspecified atom stereocenters. The first-order valence-electron chi connectivity index (χ1n) is 19.1. The molecule has 0 N–H and O–H groups in total. The van der Waals surface area contributed by atoms with Crippen molar-refractivity contribution in [3.8, 4) is 0 Å². The molecule has 0 amide bonds. The first-order chi connectivity index (χ1) is 21.1. The van der Waals surface area contributed by atoms with Gasteiger partial charge in [0.1, 0.15) is 0 Å². The second-order valence-corrected chi connectivity index (χ2v) is 13.7. The lowest BCUT2D eigenvalue weighted by Crippen LogP contribution is -2.29. The summed E-state index contributed by atoms with van der Waals surface area (Å²) in [6.45, 7) is 9.66. The van der Waals surface area contributed by atoms with Crippen LogP contribution < -0.4 is 0 Å². The molecule has 0 bridgehead atoms. The van der Waals surface area contributed by atoms with E-state index >= 15 is 0 Å². The average molecular weight is 594 g/mol. The molecule has 1 heteroatoms. The summed E-state index contributed by atoms with van der Waals surface area (Å²) in [5, 5.41) is 0. The van der Waals surface area contributed by atoms with Gasteiger partial charge < -0.3 is 4.90 Å². The lowest BCUT2D eigenvalue weighted by Gasteiger charge is -2.34. The number of nitrogens with zero attached hydrogens (tertiary/aromatic N) is 1. The van der Waals surface area contributed by atoms with E-state index in [0.717, 1.165) is 31.6 Å². The number of hydrogen-bond donors (Lipinski definition) is 0. The van der Waals surface area contributed by atoms with E-state index in [1.54, 1.807) is 0 Å². The molecule has 0 aromatic rings. The molecule has 1 fully saturated rings. The van der Waals surface area contributed by atoms with Gasteiger partial charge in [-0.05, 0) is 95.4 Å². The molecule has 1 aliphatic heterocycles. The van der Waals surface area contributed by atoms with Gasteiger partial charge in [0, 0.05) is 13.1 Å². The summed E-state index contributed by atoms with van der Waals surface area (Å²) in [4.78, 5) is 2.62. The Morgan fingerprint density at radius 3 is 1.33 bits per heavy atom. The maximum atomic E-state index is 2.62. The van der Waals surface area contributed by atoms with Crippen LogP contribution in [-0.4, -0.2) is 25.0 Å². The highest BCUT2D eigenvalue weighted by molar-refractivity contribution is 4.97. The fourth-order valence-electron chi connectivity index (χ4n) is 6.93. The Morgan fingerprint density at radius 2 is 0.907 bits per heavy atom. The maximum absolute atomic E-state index is 2.62. The van der Waals surface area contributed by atoms with Crippen LogP contribution in [-0.2, 0) is 0 Å². The minimum atomic E-state index is 0.593. The Labute approximate surface area is 271 Å². The number of rotatable bonds is 29. The lowest BCUT2D eigenvalue weighted by molar-refractivity contribution is 0.178. The molecule has 2 atom stereocenters. The minimum absolute atomic E-state index is 0.593. The molecular formula is C42H75N. The topological polar surface area (TPSA) is 3.24 Å². The predicted molar refractivity (Wildman–Crippen MR) is 197 cm³/mol. The summed E-state index contributed by atoms with van der Waals surface area (Å²) >= 11 is 0. The molecule has 0 aromatic carbocycles. The molecule has 43 heavy (non-hydrogen) atoms.